The summed E-state index contributed by atoms with van der Waals surface area (Å²) in [5, 5.41) is 12.4. The number of rotatable bonds is 5. The molecule has 0 spiro atoms. The number of halogens is 2. The SMILES string of the molecule is Cl.Cl.NC1(C(=O)NCCCN2CCC(O)CC2)CCCC1. The molecule has 0 bridgehead atoms. The van der Waals surface area contributed by atoms with E-state index < -0.39 is 5.54 Å². The largest absolute Gasteiger partial charge is 0.393 e. The van der Waals surface area contributed by atoms with Gasteiger partial charge in [-0.3, -0.25) is 4.79 Å². The minimum absolute atomic E-state index is 0. The van der Waals surface area contributed by atoms with Crippen molar-refractivity contribution in [3.8, 4) is 0 Å². The van der Waals surface area contributed by atoms with Crippen molar-refractivity contribution in [1.29, 1.82) is 0 Å². The molecular weight excluding hydrogens is 313 g/mol. The van der Waals surface area contributed by atoms with E-state index in [0.29, 0.717) is 6.54 Å². The highest BCUT2D eigenvalue weighted by Gasteiger charge is 2.36. The maximum absolute atomic E-state index is 12.0. The number of carbonyl (C=O) groups is 1. The number of aliphatic hydroxyl groups excluding tert-OH is 1. The van der Waals surface area contributed by atoms with E-state index in [1.54, 1.807) is 0 Å². The first-order chi connectivity index (χ1) is 9.10. The van der Waals surface area contributed by atoms with Gasteiger partial charge in [0.05, 0.1) is 11.6 Å². The normalized spacial score (nSPS) is 22.2. The van der Waals surface area contributed by atoms with Crippen LogP contribution in [0.5, 0.6) is 0 Å². The first-order valence-corrected chi connectivity index (χ1v) is 7.58. The average Bonchev–Trinajstić information content (AvgIpc) is 2.85. The van der Waals surface area contributed by atoms with Crippen molar-refractivity contribution in [1.82, 2.24) is 10.2 Å². The van der Waals surface area contributed by atoms with Gasteiger partial charge in [0.1, 0.15) is 0 Å². The van der Waals surface area contributed by atoms with Crippen molar-refractivity contribution in [3.63, 3.8) is 0 Å². The Labute approximate surface area is 139 Å². The molecule has 0 aromatic rings. The Morgan fingerprint density at radius 3 is 2.38 bits per heavy atom. The molecular formula is C14H29Cl2N3O2. The van der Waals surface area contributed by atoms with E-state index in [-0.39, 0.29) is 36.8 Å². The lowest BCUT2D eigenvalue weighted by Crippen LogP contribution is -2.52. The molecule has 0 atom stereocenters. The fourth-order valence-corrected chi connectivity index (χ4v) is 3.06. The Hall–Kier alpha value is -0.0700. The minimum atomic E-state index is -0.602. The predicted molar refractivity (Wildman–Crippen MR) is 89.2 cm³/mol. The van der Waals surface area contributed by atoms with Crippen molar-refractivity contribution in [2.24, 2.45) is 5.73 Å². The average molecular weight is 342 g/mol. The van der Waals surface area contributed by atoms with Gasteiger partial charge in [0.2, 0.25) is 5.91 Å². The maximum Gasteiger partial charge on any atom is 0.240 e. The van der Waals surface area contributed by atoms with Crippen LogP contribution >= 0.6 is 24.8 Å². The smallest absolute Gasteiger partial charge is 0.240 e. The van der Waals surface area contributed by atoms with Crippen LogP contribution in [0.2, 0.25) is 0 Å². The molecule has 0 aromatic carbocycles. The van der Waals surface area contributed by atoms with Crippen molar-refractivity contribution >= 4 is 30.7 Å². The van der Waals surface area contributed by atoms with Crippen molar-refractivity contribution < 1.29 is 9.90 Å². The lowest BCUT2D eigenvalue weighted by atomic mass is 9.98. The summed E-state index contributed by atoms with van der Waals surface area (Å²) in [6, 6.07) is 0. The molecule has 1 heterocycles. The molecule has 21 heavy (non-hydrogen) atoms. The van der Waals surface area contributed by atoms with Gasteiger partial charge in [-0.2, -0.15) is 0 Å². The molecule has 2 rings (SSSR count). The summed E-state index contributed by atoms with van der Waals surface area (Å²) < 4.78 is 0. The van der Waals surface area contributed by atoms with Crippen LogP contribution in [0.25, 0.3) is 0 Å². The summed E-state index contributed by atoms with van der Waals surface area (Å²) in [6.45, 7) is 3.63. The van der Waals surface area contributed by atoms with Gasteiger partial charge in [-0.15, -0.1) is 24.8 Å². The fraction of sp³-hybridized carbons (Fsp3) is 0.929. The van der Waals surface area contributed by atoms with Gasteiger partial charge in [0.15, 0.2) is 0 Å². The summed E-state index contributed by atoms with van der Waals surface area (Å²) in [4.78, 5) is 14.3. The third-order valence-corrected chi connectivity index (χ3v) is 4.44. The summed E-state index contributed by atoms with van der Waals surface area (Å²) >= 11 is 0. The molecule has 0 unspecified atom stereocenters. The number of nitrogens with one attached hydrogen (secondary N) is 1. The number of hydrogen-bond donors (Lipinski definition) is 3. The van der Waals surface area contributed by atoms with Gasteiger partial charge in [0.25, 0.3) is 0 Å². The summed E-state index contributed by atoms with van der Waals surface area (Å²) in [5.41, 5.74) is 5.49. The second kappa shape index (κ2) is 9.85. The standard InChI is InChI=1S/C14H27N3O2.2ClH/c15-14(6-1-2-7-14)13(19)16-8-3-9-17-10-4-12(18)5-11-17;;/h12,18H,1-11,15H2,(H,16,19);2*1H. The molecule has 0 radical (unpaired) electrons. The highest BCUT2D eigenvalue weighted by Crippen LogP contribution is 2.27. The van der Waals surface area contributed by atoms with Gasteiger partial charge in [-0.1, -0.05) is 12.8 Å². The highest BCUT2D eigenvalue weighted by molar-refractivity contribution is 5.86. The maximum atomic E-state index is 12.0. The molecule has 5 nitrogen and oxygen atoms in total. The zero-order chi connectivity index (χ0) is 13.7. The number of hydrogen-bond acceptors (Lipinski definition) is 4. The first kappa shape index (κ1) is 20.9. The van der Waals surface area contributed by atoms with Crippen LogP contribution in [0, 0.1) is 0 Å². The summed E-state index contributed by atoms with van der Waals surface area (Å²) in [7, 11) is 0. The molecule has 7 heteroatoms. The summed E-state index contributed by atoms with van der Waals surface area (Å²) in [6.07, 6.45) is 6.37. The lowest BCUT2D eigenvalue weighted by molar-refractivity contribution is -0.126. The Morgan fingerprint density at radius 2 is 1.81 bits per heavy atom. The van der Waals surface area contributed by atoms with E-state index in [1.807, 2.05) is 0 Å². The Balaban J connectivity index is 0.00000200. The number of carbonyl (C=O) groups excluding carboxylic acids is 1. The number of amides is 1. The molecule has 1 amide bonds. The Bertz CT molecular complexity index is 305. The highest BCUT2D eigenvalue weighted by atomic mass is 35.5. The van der Waals surface area contributed by atoms with E-state index in [2.05, 4.69) is 10.2 Å². The fourth-order valence-electron chi connectivity index (χ4n) is 3.06. The van der Waals surface area contributed by atoms with E-state index >= 15 is 0 Å². The van der Waals surface area contributed by atoms with Crippen molar-refractivity contribution in [3.05, 3.63) is 0 Å². The van der Waals surface area contributed by atoms with Gasteiger partial charge in [-0.05, 0) is 38.6 Å². The molecule has 1 aliphatic heterocycles. The van der Waals surface area contributed by atoms with E-state index in [4.69, 9.17) is 5.73 Å². The molecule has 4 N–H and O–H groups in total. The zero-order valence-corrected chi connectivity index (χ0v) is 14.2. The van der Waals surface area contributed by atoms with Crippen LogP contribution in [0.15, 0.2) is 0 Å². The minimum Gasteiger partial charge on any atom is -0.393 e. The second-order valence-electron chi connectivity index (χ2n) is 6.05. The van der Waals surface area contributed by atoms with Crippen LogP contribution in [0.4, 0.5) is 0 Å². The summed E-state index contributed by atoms with van der Waals surface area (Å²) in [5.74, 6) is 0.0269. The quantitative estimate of drug-likeness (QED) is 0.653. The van der Waals surface area contributed by atoms with Gasteiger partial charge < -0.3 is 21.1 Å². The van der Waals surface area contributed by atoms with Crippen LogP contribution in [0.1, 0.15) is 44.9 Å². The Kier molecular flexibility index (Phi) is 9.81. The molecule has 2 fully saturated rings. The number of likely N-dealkylation sites (tertiary alicyclic amines) is 1. The second-order valence-corrected chi connectivity index (χ2v) is 6.05. The zero-order valence-electron chi connectivity index (χ0n) is 12.6. The number of nitrogens with two attached hydrogens (primary N) is 1. The van der Waals surface area contributed by atoms with E-state index in [1.165, 1.54) is 0 Å². The molecule has 1 aliphatic carbocycles. The Morgan fingerprint density at radius 1 is 1.24 bits per heavy atom. The van der Waals surface area contributed by atoms with Crippen molar-refractivity contribution in [2.75, 3.05) is 26.2 Å². The number of piperidine rings is 1. The molecule has 0 aromatic heterocycles. The van der Waals surface area contributed by atoms with Gasteiger partial charge in [0, 0.05) is 19.6 Å². The first-order valence-electron chi connectivity index (χ1n) is 7.58. The molecule has 1 saturated carbocycles. The van der Waals surface area contributed by atoms with Crippen LogP contribution in [0.3, 0.4) is 0 Å². The number of aliphatic hydroxyl groups is 1. The third-order valence-electron chi connectivity index (χ3n) is 4.44. The van der Waals surface area contributed by atoms with Crippen molar-refractivity contribution in [2.45, 2.75) is 56.6 Å². The predicted octanol–water partition coefficient (Wildman–Crippen LogP) is 1.06. The van der Waals surface area contributed by atoms with Gasteiger partial charge in [-0.25, -0.2) is 0 Å². The van der Waals surface area contributed by atoms with Crippen LogP contribution < -0.4 is 11.1 Å². The lowest BCUT2D eigenvalue weighted by Gasteiger charge is -2.29. The monoisotopic (exact) mass is 341 g/mol. The van der Waals surface area contributed by atoms with Crippen LogP contribution in [-0.2, 0) is 4.79 Å². The van der Waals surface area contributed by atoms with Crippen LogP contribution in [-0.4, -0.2) is 53.7 Å². The molecule has 126 valence electrons. The van der Waals surface area contributed by atoms with E-state index in [0.717, 1.165) is 64.6 Å². The molecule has 1 saturated heterocycles. The van der Waals surface area contributed by atoms with Gasteiger partial charge >= 0.3 is 0 Å². The third kappa shape index (κ3) is 6.28. The topological polar surface area (TPSA) is 78.6 Å². The van der Waals surface area contributed by atoms with E-state index in [9.17, 15) is 9.90 Å². The molecule has 2 aliphatic rings. The number of nitrogens with zero attached hydrogens (tertiary/aromatic N) is 1.